The van der Waals surface area contributed by atoms with E-state index in [-0.39, 0.29) is 5.41 Å². The molecule has 5 aliphatic carbocycles. The molecular formula is C48H42ClN. The van der Waals surface area contributed by atoms with E-state index in [4.69, 9.17) is 11.6 Å². The van der Waals surface area contributed by atoms with Crippen LogP contribution in [-0.4, -0.2) is 0 Å². The number of rotatable bonds is 4. The number of hydrogen-bond acceptors (Lipinski definition) is 1. The standard InChI is InChI=1S/C48H42ClN/c1-48(2)44-15-9-8-14-40(44)41-21-20-37(27-45(41)48)50(36-18-16-33(17-19-36)32-10-4-3-5-11-32)47-29-42-35-25-30-22-31(26-35)24-34(23-30)38-12-6-7-13-39(38)43(42)28-46(47)49/h3-21,27-31,34-35H,22-26H2,1-2H3. The molecule has 0 amide bonds. The highest BCUT2D eigenvalue weighted by atomic mass is 35.5. The third-order valence-electron chi connectivity index (χ3n) is 12.7. The van der Waals surface area contributed by atoms with Gasteiger partial charge in [0.1, 0.15) is 0 Å². The van der Waals surface area contributed by atoms with Crippen molar-refractivity contribution in [1.29, 1.82) is 0 Å². The number of anilines is 3. The summed E-state index contributed by atoms with van der Waals surface area (Å²) in [6, 6.07) is 49.7. The lowest BCUT2D eigenvalue weighted by molar-refractivity contribution is 0.153. The van der Waals surface area contributed by atoms with E-state index in [2.05, 4.69) is 152 Å². The van der Waals surface area contributed by atoms with Crippen LogP contribution in [0.1, 0.15) is 80.0 Å². The largest absolute Gasteiger partial charge is 0.309 e. The lowest BCUT2D eigenvalue weighted by atomic mass is 9.63. The van der Waals surface area contributed by atoms with Gasteiger partial charge in [0, 0.05) is 16.8 Å². The quantitative estimate of drug-likeness (QED) is 0.181. The first-order valence-corrected chi connectivity index (χ1v) is 18.9. The third-order valence-corrected chi connectivity index (χ3v) is 13.0. The minimum Gasteiger partial charge on any atom is -0.309 e. The molecule has 246 valence electrons. The normalized spacial score (nSPS) is 22.1. The average molecular weight is 668 g/mol. The van der Waals surface area contributed by atoms with Gasteiger partial charge in [0.2, 0.25) is 0 Å². The van der Waals surface area contributed by atoms with E-state index in [9.17, 15) is 0 Å². The van der Waals surface area contributed by atoms with Gasteiger partial charge in [-0.25, -0.2) is 0 Å². The molecule has 6 aromatic rings. The highest BCUT2D eigenvalue weighted by Gasteiger charge is 2.41. The van der Waals surface area contributed by atoms with Crippen molar-refractivity contribution in [2.45, 2.75) is 63.2 Å². The average Bonchev–Trinajstić information content (AvgIpc) is 3.40. The Hall–Kier alpha value is -4.59. The van der Waals surface area contributed by atoms with Gasteiger partial charge in [-0.05, 0) is 148 Å². The Labute approximate surface area is 301 Å². The van der Waals surface area contributed by atoms with Crippen LogP contribution >= 0.6 is 11.6 Å². The summed E-state index contributed by atoms with van der Waals surface area (Å²) in [5.74, 6) is 2.81. The van der Waals surface area contributed by atoms with Crippen LogP contribution in [0.2, 0.25) is 5.02 Å². The summed E-state index contributed by atoms with van der Waals surface area (Å²) in [5.41, 5.74) is 16.9. The summed E-state index contributed by atoms with van der Waals surface area (Å²) in [5, 5.41) is 0.799. The lowest BCUT2D eigenvalue weighted by Crippen LogP contribution is -2.29. The summed E-state index contributed by atoms with van der Waals surface area (Å²) in [4.78, 5) is 2.43. The van der Waals surface area contributed by atoms with Crippen LogP contribution in [0.5, 0.6) is 0 Å². The molecule has 0 aromatic heterocycles. The van der Waals surface area contributed by atoms with Gasteiger partial charge >= 0.3 is 0 Å². The van der Waals surface area contributed by atoms with Crippen LogP contribution in [0.4, 0.5) is 17.1 Å². The molecule has 0 spiro atoms. The summed E-state index contributed by atoms with van der Waals surface area (Å²) in [6.07, 6.45) is 6.62. The van der Waals surface area contributed by atoms with Gasteiger partial charge in [-0.2, -0.15) is 0 Å². The maximum Gasteiger partial charge on any atom is 0.0653 e. The highest BCUT2D eigenvalue weighted by molar-refractivity contribution is 6.34. The second-order valence-corrected chi connectivity index (χ2v) is 16.3. The van der Waals surface area contributed by atoms with Crippen molar-refractivity contribution in [2.24, 2.45) is 11.8 Å². The zero-order chi connectivity index (χ0) is 33.6. The number of benzene rings is 6. The van der Waals surface area contributed by atoms with Gasteiger partial charge < -0.3 is 4.90 Å². The fourth-order valence-corrected chi connectivity index (χ4v) is 10.7. The number of hydrogen-bond donors (Lipinski definition) is 0. The molecule has 0 radical (unpaired) electrons. The second kappa shape index (κ2) is 11.5. The van der Waals surface area contributed by atoms with E-state index in [1.807, 2.05) is 0 Å². The number of fused-ring (bicyclic) bond motifs is 3. The SMILES string of the molecule is CC1(C)c2ccccc2-c2ccc(N(c3ccc(-c4ccccc4)cc3)c3cc4c(cc3Cl)-c3ccccc3C3CC5CC(C3)CC4C5)cc21. The molecule has 0 heterocycles. The zero-order valence-electron chi connectivity index (χ0n) is 28.9. The Bertz CT molecular complexity index is 2250. The van der Waals surface area contributed by atoms with Crippen molar-refractivity contribution in [2.75, 3.05) is 4.90 Å². The van der Waals surface area contributed by atoms with Crippen molar-refractivity contribution in [3.05, 3.63) is 161 Å². The molecule has 2 saturated carbocycles. The minimum absolute atomic E-state index is 0.0968. The number of halogens is 1. The molecule has 2 unspecified atom stereocenters. The molecule has 6 aromatic carbocycles. The molecule has 2 heteroatoms. The van der Waals surface area contributed by atoms with Crippen molar-refractivity contribution in [1.82, 2.24) is 0 Å². The summed E-state index contributed by atoms with van der Waals surface area (Å²) in [7, 11) is 0. The molecule has 5 aliphatic rings. The van der Waals surface area contributed by atoms with Crippen LogP contribution in [0.25, 0.3) is 33.4 Å². The Balaban J connectivity index is 1.17. The van der Waals surface area contributed by atoms with Gasteiger partial charge in [-0.1, -0.05) is 123 Å². The third kappa shape index (κ3) is 4.74. The van der Waals surface area contributed by atoms with Gasteiger partial charge in [-0.3, -0.25) is 0 Å². The fourth-order valence-electron chi connectivity index (χ4n) is 10.5. The van der Waals surface area contributed by atoms with Crippen molar-refractivity contribution >= 4 is 28.7 Å². The van der Waals surface area contributed by atoms with Crippen LogP contribution in [0.3, 0.4) is 0 Å². The predicted molar refractivity (Wildman–Crippen MR) is 210 cm³/mol. The van der Waals surface area contributed by atoms with Crippen LogP contribution in [0.15, 0.2) is 133 Å². The molecule has 11 rings (SSSR count). The van der Waals surface area contributed by atoms with E-state index in [0.717, 1.165) is 33.9 Å². The van der Waals surface area contributed by atoms with E-state index in [1.54, 1.807) is 0 Å². The first-order valence-electron chi connectivity index (χ1n) is 18.5. The second-order valence-electron chi connectivity index (χ2n) is 15.9. The molecule has 0 aliphatic heterocycles. The smallest absolute Gasteiger partial charge is 0.0653 e. The summed E-state index contributed by atoms with van der Waals surface area (Å²) < 4.78 is 0. The maximum absolute atomic E-state index is 7.57. The predicted octanol–water partition coefficient (Wildman–Crippen LogP) is 13.8. The van der Waals surface area contributed by atoms with Gasteiger partial charge in [0.25, 0.3) is 0 Å². The van der Waals surface area contributed by atoms with Gasteiger partial charge in [-0.15, -0.1) is 0 Å². The molecule has 0 N–H and O–H groups in total. The molecule has 50 heavy (non-hydrogen) atoms. The molecule has 2 fully saturated rings. The fraction of sp³-hybridized carbons (Fsp3) is 0.250. The van der Waals surface area contributed by atoms with E-state index >= 15 is 0 Å². The molecule has 2 atom stereocenters. The van der Waals surface area contributed by atoms with Crippen LogP contribution < -0.4 is 4.90 Å². The maximum atomic E-state index is 7.57. The summed E-state index contributed by atoms with van der Waals surface area (Å²) in [6.45, 7) is 4.73. The first-order chi connectivity index (χ1) is 24.4. The number of nitrogens with zero attached hydrogens (tertiary/aromatic N) is 1. The Morgan fingerprint density at radius 1 is 0.500 bits per heavy atom. The van der Waals surface area contributed by atoms with E-state index < -0.39 is 0 Å². The van der Waals surface area contributed by atoms with Gasteiger partial charge in [0.15, 0.2) is 0 Å². The topological polar surface area (TPSA) is 3.24 Å². The van der Waals surface area contributed by atoms with Crippen LogP contribution in [0, 0.1) is 11.8 Å². The zero-order valence-corrected chi connectivity index (χ0v) is 29.6. The lowest BCUT2D eigenvalue weighted by Gasteiger charge is -2.42. The van der Waals surface area contributed by atoms with Gasteiger partial charge in [0.05, 0.1) is 10.7 Å². The molecule has 1 nitrogen and oxygen atoms in total. The van der Waals surface area contributed by atoms with E-state index in [0.29, 0.717) is 11.8 Å². The van der Waals surface area contributed by atoms with E-state index in [1.165, 1.54) is 87.7 Å². The first kappa shape index (κ1) is 30.3. The summed E-state index contributed by atoms with van der Waals surface area (Å²) >= 11 is 7.57. The Kier molecular flexibility index (Phi) is 6.94. The van der Waals surface area contributed by atoms with Crippen LogP contribution in [-0.2, 0) is 5.41 Å². The molecule has 4 bridgehead atoms. The molecular weight excluding hydrogens is 626 g/mol. The Morgan fingerprint density at radius 2 is 1.10 bits per heavy atom. The monoisotopic (exact) mass is 667 g/mol. The highest BCUT2D eigenvalue weighted by Crippen LogP contribution is 2.57. The van der Waals surface area contributed by atoms with Crippen molar-refractivity contribution < 1.29 is 0 Å². The molecule has 0 saturated heterocycles. The minimum atomic E-state index is -0.0968. The van der Waals surface area contributed by atoms with Crippen molar-refractivity contribution in [3.8, 4) is 33.4 Å². The Morgan fingerprint density at radius 3 is 1.86 bits per heavy atom. The van der Waals surface area contributed by atoms with Crippen molar-refractivity contribution in [3.63, 3.8) is 0 Å².